The van der Waals surface area contributed by atoms with E-state index in [1.807, 2.05) is 0 Å². The van der Waals surface area contributed by atoms with Crippen molar-refractivity contribution >= 4 is 11.9 Å². The van der Waals surface area contributed by atoms with Gasteiger partial charge in [-0.3, -0.25) is 4.79 Å². The summed E-state index contributed by atoms with van der Waals surface area (Å²) >= 11 is 0. The third kappa shape index (κ3) is 2.76. The predicted molar refractivity (Wildman–Crippen MR) is 54.6 cm³/mol. The minimum absolute atomic E-state index is 0.362. The van der Waals surface area contributed by atoms with Gasteiger partial charge in [0.15, 0.2) is 0 Å². The van der Waals surface area contributed by atoms with Gasteiger partial charge in [0.25, 0.3) is 0 Å². The van der Waals surface area contributed by atoms with Crippen molar-refractivity contribution in [1.82, 2.24) is 0 Å². The van der Waals surface area contributed by atoms with Crippen LogP contribution in [0.1, 0.15) is 27.5 Å². The molecule has 1 rings (SSSR count). The van der Waals surface area contributed by atoms with E-state index >= 15 is 0 Å². The van der Waals surface area contributed by atoms with Gasteiger partial charge in [-0.2, -0.15) is 13.2 Å². The molecule has 6 nitrogen and oxygen atoms in total. The van der Waals surface area contributed by atoms with Crippen LogP contribution < -0.4 is 5.73 Å². The average molecular weight is 279 g/mol. The van der Waals surface area contributed by atoms with Crippen molar-refractivity contribution < 1.29 is 38.1 Å². The molecule has 0 aliphatic heterocycles. The second-order valence-electron chi connectivity index (χ2n) is 3.54. The summed E-state index contributed by atoms with van der Waals surface area (Å²) < 4.78 is 38.0. The Bertz CT molecular complexity index is 541. The van der Waals surface area contributed by atoms with Crippen molar-refractivity contribution in [3.8, 4) is 5.75 Å². The molecule has 0 fully saturated rings. The Morgan fingerprint density at radius 2 is 1.74 bits per heavy atom. The summed E-state index contributed by atoms with van der Waals surface area (Å²) in [7, 11) is 0. The van der Waals surface area contributed by atoms with E-state index in [1.165, 1.54) is 0 Å². The van der Waals surface area contributed by atoms with E-state index in [4.69, 9.17) is 15.9 Å². The van der Waals surface area contributed by atoms with E-state index in [-0.39, 0.29) is 0 Å². The fourth-order valence-electron chi connectivity index (χ4n) is 1.47. The first kappa shape index (κ1) is 14.8. The number of benzene rings is 1. The van der Waals surface area contributed by atoms with E-state index in [2.05, 4.69) is 0 Å². The molecular weight excluding hydrogens is 271 g/mol. The third-order valence-corrected chi connectivity index (χ3v) is 2.33. The van der Waals surface area contributed by atoms with Crippen molar-refractivity contribution in [3.63, 3.8) is 0 Å². The van der Waals surface area contributed by atoms with E-state index in [9.17, 15) is 27.9 Å². The number of carbonyl (C=O) groups is 2. The molecule has 0 amide bonds. The van der Waals surface area contributed by atoms with Crippen LogP contribution in [-0.2, 0) is 11.0 Å². The highest BCUT2D eigenvalue weighted by Gasteiger charge is 2.39. The average Bonchev–Trinajstić information content (AvgIpc) is 2.25. The van der Waals surface area contributed by atoms with Gasteiger partial charge < -0.3 is 21.1 Å². The maximum atomic E-state index is 12.7. The number of halogens is 3. The Morgan fingerprint density at radius 3 is 2.11 bits per heavy atom. The number of aliphatic carboxylic acids is 1. The van der Waals surface area contributed by atoms with Gasteiger partial charge in [-0.05, 0) is 12.1 Å². The lowest BCUT2D eigenvalue weighted by atomic mass is 9.96. The van der Waals surface area contributed by atoms with Crippen molar-refractivity contribution in [1.29, 1.82) is 0 Å². The molecule has 0 unspecified atom stereocenters. The van der Waals surface area contributed by atoms with Gasteiger partial charge in [0.2, 0.25) is 0 Å². The van der Waals surface area contributed by atoms with Crippen molar-refractivity contribution in [3.05, 3.63) is 28.8 Å². The summed E-state index contributed by atoms with van der Waals surface area (Å²) in [5.41, 5.74) is 1.52. The summed E-state index contributed by atoms with van der Waals surface area (Å²) in [6, 6.07) is -1.31. The second-order valence-corrected chi connectivity index (χ2v) is 3.54. The molecule has 5 N–H and O–H groups in total. The van der Waals surface area contributed by atoms with Crippen LogP contribution >= 0.6 is 0 Å². The SMILES string of the molecule is N[C@H](C(=O)O)c1c(C(F)(F)F)ccc(C(=O)O)c1O. The largest absolute Gasteiger partial charge is 0.507 e. The number of carboxylic acid groups (broad SMARTS) is 2. The molecule has 0 saturated heterocycles. The van der Waals surface area contributed by atoms with Crippen LogP contribution in [0.15, 0.2) is 12.1 Å². The zero-order chi connectivity index (χ0) is 15.0. The van der Waals surface area contributed by atoms with Gasteiger partial charge in [0, 0.05) is 5.56 Å². The quantitative estimate of drug-likeness (QED) is 0.659. The molecule has 1 aromatic carbocycles. The summed E-state index contributed by atoms with van der Waals surface area (Å²) in [4.78, 5) is 21.4. The number of nitrogens with two attached hydrogens (primary N) is 1. The van der Waals surface area contributed by atoms with Crippen LogP contribution in [0.5, 0.6) is 5.75 Å². The Labute approximate surface area is 103 Å². The van der Waals surface area contributed by atoms with Gasteiger partial charge in [-0.15, -0.1) is 0 Å². The van der Waals surface area contributed by atoms with Gasteiger partial charge in [-0.1, -0.05) is 0 Å². The highest BCUT2D eigenvalue weighted by molar-refractivity contribution is 5.92. The number of hydrogen-bond donors (Lipinski definition) is 4. The molecule has 19 heavy (non-hydrogen) atoms. The maximum absolute atomic E-state index is 12.7. The molecule has 0 saturated carbocycles. The molecule has 0 aliphatic rings. The maximum Gasteiger partial charge on any atom is 0.416 e. The molecular formula is C10H8F3NO5. The molecule has 104 valence electrons. The number of alkyl halides is 3. The number of aromatic carboxylic acids is 1. The summed E-state index contributed by atoms with van der Waals surface area (Å²) in [5, 5.41) is 26.8. The van der Waals surface area contributed by atoms with Crippen molar-refractivity contribution in [2.45, 2.75) is 12.2 Å². The number of aromatic hydroxyl groups is 1. The highest BCUT2D eigenvalue weighted by Crippen LogP contribution is 2.40. The molecule has 1 atom stereocenters. The molecule has 0 aromatic heterocycles. The molecule has 0 heterocycles. The van der Waals surface area contributed by atoms with Gasteiger partial charge in [0.1, 0.15) is 17.4 Å². The third-order valence-electron chi connectivity index (χ3n) is 2.33. The lowest BCUT2D eigenvalue weighted by molar-refractivity contribution is -0.141. The molecule has 1 aromatic rings. The molecule has 0 aliphatic carbocycles. The first-order valence-electron chi connectivity index (χ1n) is 4.72. The van der Waals surface area contributed by atoms with Crippen LogP contribution in [0, 0.1) is 0 Å². The molecule has 9 heteroatoms. The highest BCUT2D eigenvalue weighted by atomic mass is 19.4. The van der Waals surface area contributed by atoms with Gasteiger partial charge in [-0.25, -0.2) is 4.79 Å². The van der Waals surface area contributed by atoms with Crippen molar-refractivity contribution in [2.24, 2.45) is 5.73 Å². The van der Waals surface area contributed by atoms with E-state index in [0.717, 1.165) is 0 Å². The monoisotopic (exact) mass is 279 g/mol. The van der Waals surface area contributed by atoms with Crippen LogP contribution in [0.3, 0.4) is 0 Å². The van der Waals surface area contributed by atoms with Gasteiger partial charge in [0.05, 0.1) is 5.56 Å². The van der Waals surface area contributed by atoms with E-state index in [0.29, 0.717) is 12.1 Å². The minimum Gasteiger partial charge on any atom is -0.507 e. The van der Waals surface area contributed by atoms with Crippen LogP contribution in [0.25, 0.3) is 0 Å². The predicted octanol–water partition coefficient (Wildman–Crippen LogP) is 1.19. The fourth-order valence-corrected chi connectivity index (χ4v) is 1.47. The van der Waals surface area contributed by atoms with Crippen LogP contribution in [0.2, 0.25) is 0 Å². The number of carboxylic acids is 2. The topological polar surface area (TPSA) is 121 Å². The Morgan fingerprint density at radius 1 is 1.21 bits per heavy atom. The van der Waals surface area contributed by atoms with E-state index < -0.39 is 46.6 Å². The zero-order valence-electron chi connectivity index (χ0n) is 9.10. The Balaban J connectivity index is 3.65. The Kier molecular flexibility index (Phi) is 3.70. The second kappa shape index (κ2) is 4.76. The summed E-state index contributed by atoms with van der Waals surface area (Å²) in [6.45, 7) is 0. The summed E-state index contributed by atoms with van der Waals surface area (Å²) in [5.74, 6) is -4.84. The first-order valence-corrected chi connectivity index (χ1v) is 4.72. The molecule has 0 radical (unpaired) electrons. The zero-order valence-corrected chi connectivity index (χ0v) is 9.10. The standard InChI is InChI=1S/C10H8F3NO5/c11-10(12,13)4-2-1-3(8(16)17)7(15)5(4)6(14)9(18)19/h1-2,6,15H,14H2,(H,16,17)(H,18,19)/t6-/m0/s1. The van der Waals surface area contributed by atoms with Crippen molar-refractivity contribution in [2.75, 3.05) is 0 Å². The number of rotatable bonds is 3. The van der Waals surface area contributed by atoms with E-state index in [1.54, 1.807) is 0 Å². The lowest BCUT2D eigenvalue weighted by Gasteiger charge is -2.18. The van der Waals surface area contributed by atoms with Crippen LogP contribution in [-0.4, -0.2) is 27.3 Å². The lowest BCUT2D eigenvalue weighted by Crippen LogP contribution is -2.25. The summed E-state index contributed by atoms with van der Waals surface area (Å²) in [6.07, 6.45) is -4.98. The smallest absolute Gasteiger partial charge is 0.416 e. The Hall–Kier alpha value is -2.29. The minimum atomic E-state index is -4.98. The number of phenols is 1. The fraction of sp³-hybridized carbons (Fsp3) is 0.200. The van der Waals surface area contributed by atoms with Gasteiger partial charge >= 0.3 is 18.1 Å². The van der Waals surface area contributed by atoms with Crippen LogP contribution in [0.4, 0.5) is 13.2 Å². The first-order chi connectivity index (χ1) is 8.57. The normalized spacial score (nSPS) is 13.1. The molecule has 0 spiro atoms. The number of hydrogen-bond acceptors (Lipinski definition) is 4. The molecule has 0 bridgehead atoms.